The van der Waals surface area contributed by atoms with Gasteiger partial charge in [0.1, 0.15) is 17.2 Å². The van der Waals surface area contributed by atoms with E-state index in [2.05, 4.69) is 27.6 Å². The lowest BCUT2D eigenvalue weighted by Crippen LogP contribution is -2.02. The van der Waals surface area contributed by atoms with Gasteiger partial charge in [-0.3, -0.25) is 4.57 Å². The predicted octanol–water partition coefficient (Wildman–Crippen LogP) is 4.69. The van der Waals surface area contributed by atoms with Crippen LogP contribution in [0.2, 0.25) is 0 Å². The molecule has 0 N–H and O–H groups in total. The fourth-order valence-corrected chi connectivity index (χ4v) is 2.81. The number of aryl methyl sites for hydroxylation is 1. The van der Waals surface area contributed by atoms with Crippen molar-refractivity contribution in [2.45, 2.75) is 6.42 Å². The standard InChI is InChI=1S/C15H10ClF2IN2/c16-6-5-14-20-15-12(18)7-9(17)8-13(15)21(14)11-3-1-10(19)2-4-11/h1-4,7-8H,5-6H2. The number of imidazole rings is 1. The zero-order valence-corrected chi connectivity index (χ0v) is 13.7. The van der Waals surface area contributed by atoms with Crippen LogP contribution in [0.5, 0.6) is 0 Å². The summed E-state index contributed by atoms with van der Waals surface area (Å²) >= 11 is 8.00. The molecule has 3 rings (SSSR count). The largest absolute Gasteiger partial charge is 0.296 e. The molecular formula is C15H10ClF2IN2. The number of nitrogens with zero attached hydrogens (tertiary/aromatic N) is 2. The Labute approximate surface area is 138 Å². The monoisotopic (exact) mass is 418 g/mol. The number of fused-ring (bicyclic) bond motifs is 1. The number of benzene rings is 2. The number of hydrogen-bond acceptors (Lipinski definition) is 1. The molecule has 21 heavy (non-hydrogen) atoms. The molecule has 0 spiro atoms. The molecule has 2 nitrogen and oxygen atoms in total. The van der Waals surface area contributed by atoms with Gasteiger partial charge in [0.2, 0.25) is 0 Å². The van der Waals surface area contributed by atoms with Gasteiger partial charge in [0, 0.05) is 33.7 Å². The van der Waals surface area contributed by atoms with Crippen LogP contribution in [-0.2, 0) is 6.42 Å². The van der Waals surface area contributed by atoms with Crippen LogP contribution in [0.25, 0.3) is 16.7 Å². The molecule has 0 radical (unpaired) electrons. The lowest BCUT2D eigenvalue weighted by Gasteiger charge is -2.08. The highest BCUT2D eigenvalue weighted by atomic mass is 127. The van der Waals surface area contributed by atoms with Crippen LogP contribution in [0.15, 0.2) is 36.4 Å². The summed E-state index contributed by atoms with van der Waals surface area (Å²) in [4.78, 5) is 4.28. The van der Waals surface area contributed by atoms with Gasteiger partial charge < -0.3 is 0 Å². The van der Waals surface area contributed by atoms with Crippen molar-refractivity contribution in [1.82, 2.24) is 9.55 Å². The Morgan fingerprint density at radius 3 is 2.52 bits per heavy atom. The van der Waals surface area contributed by atoms with Gasteiger partial charge in [-0.25, -0.2) is 13.8 Å². The van der Waals surface area contributed by atoms with E-state index >= 15 is 0 Å². The quantitative estimate of drug-likeness (QED) is 0.446. The number of alkyl halides is 1. The lowest BCUT2D eigenvalue weighted by molar-refractivity contribution is 0.590. The fourth-order valence-electron chi connectivity index (χ4n) is 2.28. The van der Waals surface area contributed by atoms with E-state index in [0.29, 0.717) is 23.6 Å². The molecule has 0 aliphatic rings. The smallest absolute Gasteiger partial charge is 0.153 e. The number of halogens is 4. The molecule has 0 aliphatic heterocycles. The van der Waals surface area contributed by atoms with Gasteiger partial charge in [0.05, 0.1) is 5.52 Å². The van der Waals surface area contributed by atoms with Gasteiger partial charge in [0.15, 0.2) is 5.82 Å². The highest BCUT2D eigenvalue weighted by molar-refractivity contribution is 14.1. The minimum atomic E-state index is -0.662. The molecule has 0 atom stereocenters. The average molecular weight is 419 g/mol. The first-order valence-corrected chi connectivity index (χ1v) is 7.90. The van der Waals surface area contributed by atoms with Crippen molar-refractivity contribution in [3.63, 3.8) is 0 Å². The summed E-state index contributed by atoms with van der Waals surface area (Å²) in [5.41, 5.74) is 1.38. The van der Waals surface area contributed by atoms with Crippen LogP contribution in [0.3, 0.4) is 0 Å². The van der Waals surface area contributed by atoms with Crippen molar-refractivity contribution in [2.75, 3.05) is 5.88 Å². The number of rotatable bonds is 3. The van der Waals surface area contributed by atoms with E-state index in [4.69, 9.17) is 11.6 Å². The molecule has 2 aromatic carbocycles. The first-order valence-electron chi connectivity index (χ1n) is 6.28. The summed E-state index contributed by atoms with van der Waals surface area (Å²) in [7, 11) is 0. The number of hydrogen-bond donors (Lipinski definition) is 0. The molecule has 1 aromatic heterocycles. The molecule has 0 bridgehead atoms. The van der Waals surface area contributed by atoms with E-state index in [-0.39, 0.29) is 5.52 Å². The van der Waals surface area contributed by atoms with E-state index in [9.17, 15) is 8.78 Å². The third-order valence-electron chi connectivity index (χ3n) is 3.15. The van der Waals surface area contributed by atoms with Crippen LogP contribution in [0, 0.1) is 15.2 Å². The molecule has 0 aliphatic carbocycles. The third kappa shape index (κ3) is 2.76. The maximum Gasteiger partial charge on any atom is 0.153 e. The van der Waals surface area contributed by atoms with Crippen molar-refractivity contribution >= 4 is 45.2 Å². The molecule has 0 saturated carbocycles. The van der Waals surface area contributed by atoms with Gasteiger partial charge in [-0.15, -0.1) is 11.6 Å². The van der Waals surface area contributed by atoms with Crippen molar-refractivity contribution < 1.29 is 8.78 Å². The maximum absolute atomic E-state index is 13.9. The summed E-state index contributed by atoms with van der Waals surface area (Å²) in [6, 6.07) is 9.79. The van der Waals surface area contributed by atoms with E-state index < -0.39 is 11.6 Å². The molecule has 0 unspecified atom stereocenters. The molecule has 108 valence electrons. The van der Waals surface area contributed by atoms with E-state index in [1.54, 1.807) is 4.57 Å². The Morgan fingerprint density at radius 2 is 1.86 bits per heavy atom. The molecule has 0 saturated heterocycles. The predicted molar refractivity (Wildman–Crippen MR) is 88.1 cm³/mol. The summed E-state index contributed by atoms with van der Waals surface area (Å²) in [6.45, 7) is 0. The molecule has 1 heterocycles. The zero-order valence-electron chi connectivity index (χ0n) is 10.8. The Morgan fingerprint density at radius 1 is 1.14 bits per heavy atom. The molecule has 0 fully saturated rings. The highest BCUT2D eigenvalue weighted by Crippen LogP contribution is 2.25. The SMILES string of the molecule is Fc1cc(F)c2nc(CCCl)n(-c3ccc(I)cc3)c2c1. The summed E-state index contributed by atoms with van der Waals surface area (Å²) in [5, 5.41) is 0. The van der Waals surface area contributed by atoms with Crippen LogP contribution in [-0.4, -0.2) is 15.4 Å². The minimum Gasteiger partial charge on any atom is -0.296 e. The Bertz CT molecular complexity index is 800. The topological polar surface area (TPSA) is 17.8 Å². The molecule has 6 heteroatoms. The van der Waals surface area contributed by atoms with E-state index in [1.165, 1.54) is 6.07 Å². The van der Waals surface area contributed by atoms with Crippen molar-refractivity contribution in [1.29, 1.82) is 0 Å². The van der Waals surface area contributed by atoms with Gasteiger partial charge >= 0.3 is 0 Å². The molecular weight excluding hydrogens is 409 g/mol. The molecule has 3 aromatic rings. The Balaban J connectivity index is 2.32. The van der Waals surface area contributed by atoms with E-state index in [1.807, 2.05) is 24.3 Å². The number of aromatic nitrogens is 2. The Kier molecular flexibility index (Phi) is 4.12. The highest BCUT2D eigenvalue weighted by Gasteiger charge is 2.16. The normalized spacial score (nSPS) is 11.2. The molecule has 0 amide bonds. The second-order valence-electron chi connectivity index (χ2n) is 4.53. The fraction of sp³-hybridized carbons (Fsp3) is 0.133. The second kappa shape index (κ2) is 5.88. The van der Waals surface area contributed by atoms with Crippen LogP contribution < -0.4 is 0 Å². The van der Waals surface area contributed by atoms with E-state index in [0.717, 1.165) is 15.3 Å². The second-order valence-corrected chi connectivity index (χ2v) is 6.16. The van der Waals surface area contributed by atoms with Gasteiger partial charge in [0.25, 0.3) is 0 Å². The maximum atomic E-state index is 13.9. The van der Waals surface area contributed by atoms with Gasteiger partial charge in [-0.2, -0.15) is 0 Å². The average Bonchev–Trinajstić information content (AvgIpc) is 2.79. The summed E-state index contributed by atoms with van der Waals surface area (Å²) in [6.07, 6.45) is 0.475. The van der Waals surface area contributed by atoms with Crippen LogP contribution in [0.4, 0.5) is 8.78 Å². The van der Waals surface area contributed by atoms with Crippen LogP contribution >= 0.6 is 34.2 Å². The first kappa shape index (κ1) is 14.7. The van der Waals surface area contributed by atoms with Crippen LogP contribution in [0.1, 0.15) is 5.82 Å². The van der Waals surface area contributed by atoms with Crippen molar-refractivity contribution in [2.24, 2.45) is 0 Å². The van der Waals surface area contributed by atoms with Crippen molar-refractivity contribution in [3.05, 3.63) is 57.4 Å². The summed E-state index contributed by atoms with van der Waals surface area (Å²) in [5.74, 6) is -0.308. The minimum absolute atomic E-state index is 0.162. The zero-order chi connectivity index (χ0) is 15.0. The Hall–Kier alpha value is -1.21. The van der Waals surface area contributed by atoms with Gasteiger partial charge in [-0.05, 0) is 46.9 Å². The lowest BCUT2D eigenvalue weighted by atomic mass is 10.2. The summed E-state index contributed by atoms with van der Waals surface area (Å²) < 4.78 is 30.3. The van der Waals surface area contributed by atoms with Gasteiger partial charge in [-0.1, -0.05) is 0 Å². The third-order valence-corrected chi connectivity index (χ3v) is 4.06. The first-order chi connectivity index (χ1) is 10.1. The van der Waals surface area contributed by atoms with Crippen molar-refractivity contribution in [3.8, 4) is 5.69 Å².